The first-order chi connectivity index (χ1) is 8.13. The van der Waals surface area contributed by atoms with Crippen molar-refractivity contribution in [1.82, 2.24) is 0 Å². The zero-order valence-electron chi connectivity index (χ0n) is 9.50. The molecule has 6 nitrogen and oxygen atoms in total. The molecule has 4 N–H and O–H groups in total. The van der Waals surface area contributed by atoms with E-state index in [0.29, 0.717) is 25.3 Å². The normalized spacial score (nSPS) is 11.5. The maximum atomic E-state index is 10.5. The van der Waals surface area contributed by atoms with Crippen LogP contribution >= 0.6 is 0 Å². The Kier molecular flexibility index (Phi) is 5.09. The topological polar surface area (TPSA) is 108 Å². The Bertz CT molecular complexity index is 400. The van der Waals surface area contributed by atoms with Gasteiger partial charge in [-0.3, -0.25) is 15.1 Å². The molecule has 0 saturated carbocycles. The fourth-order valence-corrected chi connectivity index (χ4v) is 1.34. The second-order valence-electron chi connectivity index (χ2n) is 3.59. The summed E-state index contributed by atoms with van der Waals surface area (Å²) in [5, 5.41) is 10.5. The number of non-ortho nitro benzene ring substituents is 1. The highest BCUT2D eigenvalue weighted by Gasteiger charge is 2.04. The van der Waals surface area contributed by atoms with Crippen LogP contribution in [0.25, 0.3) is 0 Å². The predicted molar refractivity (Wildman–Crippen MR) is 67.0 cm³/mol. The molecule has 0 aliphatic carbocycles. The average molecular weight is 236 g/mol. The van der Waals surface area contributed by atoms with Crippen LogP contribution in [0.5, 0.6) is 0 Å². The van der Waals surface area contributed by atoms with Crippen molar-refractivity contribution in [3.63, 3.8) is 0 Å². The highest BCUT2D eigenvalue weighted by Crippen LogP contribution is 2.12. The summed E-state index contributed by atoms with van der Waals surface area (Å²) >= 11 is 0. The molecule has 17 heavy (non-hydrogen) atoms. The summed E-state index contributed by atoms with van der Waals surface area (Å²) in [6, 6.07) is 6.44. The molecule has 0 aromatic heterocycles. The molecule has 1 aromatic carbocycles. The summed E-state index contributed by atoms with van der Waals surface area (Å²) < 4.78 is 0. The van der Waals surface area contributed by atoms with Crippen LogP contribution in [0.1, 0.15) is 12.0 Å². The Labute approximate surface area is 99.5 Å². The second-order valence-corrected chi connectivity index (χ2v) is 3.59. The molecule has 0 saturated heterocycles. The first kappa shape index (κ1) is 13.1. The first-order valence-electron chi connectivity index (χ1n) is 5.35. The highest BCUT2D eigenvalue weighted by atomic mass is 16.6. The van der Waals surface area contributed by atoms with E-state index in [0.717, 1.165) is 12.0 Å². The van der Waals surface area contributed by atoms with Crippen molar-refractivity contribution in [2.75, 3.05) is 13.1 Å². The van der Waals surface area contributed by atoms with E-state index >= 15 is 0 Å². The molecule has 0 radical (unpaired) electrons. The van der Waals surface area contributed by atoms with Gasteiger partial charge in [-0.15, -0.1) is 0 Å². The number of aliphatic imine (C=N–C) groups is 1. The third-order valence-corrected chi connectivity index (χ3v) is 2.26. The van der Waals surface area contributed by atoms with Gasteiger partial charge in [-0.25, -0.2) is 0 Å². The van der Waals surface area contributed by atoms with Crippen molar-refractivity contribution in [2.45, 2.75) is 12.8 Å². The fraction of sp³-hybridized carbons (Fsp3) is 0.364. The van der Waals surface area contributed by atoms with Gasteiger partial charge >= 0.3 is 0 Å². The number of amidine groups is 1. The van der Waals surface area contributed by atoms with E-state index in [9.17, 15) is 10.1 Å². The number of aryl methyl sites for hydroxylation is 1. The lowest BCUT2D eigenvalue weighted by molar-refractivity contribution is -0.384. The average Bonchev–Trinajstić information content (AvgIpc) is 2.34. The predicted octanol–water partition coefficient (Wildman–Crippen LogP) is 0.843. The number of nitro benzene ring substituents is 1. The van der Waals surface area contributed by atoms with Gasteiger partial charge in [0.1, 0.15) is 0 Å². The summed E-state index contributed by atoms with van der Waals surface area (Å²) in [5.41, 5.74) is 12.1. The van der Waals surface area contributed by atoms with E-state index < -0.39 is 4.92 Å². The number of rotatable bonds is 6. The van der Waals surface area contributed by atoms with Gasteiger partial charge in [0.05, 0.1) is 17.3 Å². The molecule has 0 bridgehead atoms. The maximum absolute atomic E-state index is 10.5. The Morgan fingerprint density at radius 3 is 2.53 bits per heavy atom. The van der Waals surface area contributed by atoms with E-state index in [-0.39, 0.29) is 5.69 Å². The van der Waals surface area contributed by atoms with Gasteiger partial charge < -0.3 is 11.5 Å². The van der Waals surface area contributed by atoms with Gasteiger partial charge in [0.2, 0.25) is 0 Å². The third-order valence-electron chi connectivity index (χ3n) is 2.26. The zero-order chi connectivity index (χ0) is 12.7. The molecule has 1 rings (SSSR count). The van der Waals surface area contributed by atoms with Crippen LogP contribution in [-0.4, -0.2) is 23.8 Å². The minimum absolute atomic E-state index is 0.0959. The molecular formula is C11H16N4O2. The Morgan fingerprint density at radius 1 is 1.35 bits per heavy atom. The molecule has 0 amide bonds. The van der Waals surface area contributed by atoms with Crippen molar-refractivity contribution in [3.05, 3.63) is 39.9 Å². The first-order valence-corrected chi connectivity index (χ1v) is 5.35. The van der Waals surface area contributed by atoms with Crippen LogP contribution in [0.4, 0.5) is 5.69 Å². The summed E-state index contributed by atoms with van der Waals surface area (Å²) in [7, 11) is 0. The lowest BCUT2D eigenvalue weighted by Gasteiger charge is -2.01. The van der Waals surface area contributed by atoms with E-state index in [2.05, 4.69) is 4.99 Å². The summed E-state index contributed by atoms with van der Waals surface area (Å²) in [4.78, 5) is 14.1. The van der Waals surface area contributed by atoms with Gasteiger partial charge in [0, 0.05) is 25.1 Å². The van der Waals surface area contributed by atoms with Gasteiger partial charge in [-0.05, 0) is 12.0 Å². The SMILES string of the molecule is NCCN=C(N)CCc1ccc([N+](=O)[O-])cc1. The summed E-state index contributed by atoms with van der Waals surface area (Å²) in [6.45, 7) is 1.02. The quantitative estimate of drug-likeness (QED) is 0.330. The Morgan fingerprint density at radius 2 is 2.00 bits per heavy atom. The molecule has 0 spiro atoms. The van der Waals surface area contributed by atoms with Crippen molar-refractivity contribution >= 4 is 11.5 Å². The van der Waals surface area contributed by atoms with Crippen LogP contribution in [0.15, 0.2) is 29.3 Å². The van der Waals surface area contributed by atoms with Gasteiger partial charge in [-0.2, -0.15) is 0 Å². The lowest BCUT2D eigenvalue weighted by Crippen LogP contribution is -2.15. The Balaban J connectivity index is 2.50. The fourth-order valence-electron chi connectivity index (χ4n) is 1.34. The molecule has 0 fully saturated rings. The second kappa shape index (κ2) is 6.59. The number of nitrogens with two attached hydrogens (primary N) is 2. The molecule has 0 aliphatic heterocycles. The number of hydrogen-bond donors (Lipinski definition) is 2. The lowest BCUT2D eigenvalue weighted by atomic mass is 10.1. The number of hydrogen-bond acceptors (Lipinski definition) is 4. The van der Waals surface area contributed by atoms with Gasteiger partial charge in [0.25, 0.3) is 5.69 Å². The van der Waals surface area contributed by atoms with E-state index in [4.69, 9.17) is 11.5 Å². The van der Waals surface area contributed by atoms with Crippen molar-refractivity contribution in [3.8, 4) is 0 Å². The van der Waals surface area contributed by atoms with E-state index in [1.165, 1.54) is 12.1 Å². The molecule has 0 atom stereocenters. The summed E-state index contributed by atoms with van der Waals surface area (Å²) in [6.07, 6.45) is 1.36. The molecule has 1 aromatic rings. The van der Waals surface area contributed by atoms with Gasteiger partial charge in [-0.1, -0.05) is 12.1 Å². The minimum Gasteiger partial charge on any atom is -0.387 e. The van der Waals surface area contributed by atoms with Crippen LogP contribution in [0.3, 0.4) is 0 Å². The minimum atomic E-state index is -0.416. The third kappa shape index (κ3) is 4.60. The number of nitrogens with zero attached hydrogens (tertiary/aromatic N) is 2. The molecule has 92 valence electrons. The molecule has 0 unspecified atom stereocenters. The number of benzene rings is 1. The standard InChI is InChI=1S/C11H16N4O2/c12-7-8-14-11(13)6-3-9-1-4-10(5-2-9)15(16)17/h1-2,4-5H,3,6-8,12H2,(H2,13,14). The molecule has 0 heterocycles. The molecule has 6 heteroatoms. The van der Waals surface area contributed by atoms with Crippen molar-refractivity contribution in [1.29, 1.82) is 0 Å². The monoisotopic (exact) mass is 236 g/mol. The Hall–Kier alpha value is -1.95. The number of nitro groups is 1. The summed E-state index contributed by atoms with van der Waals surface area (Å²) in [5.74, 6) is 0.564. The van der Waals surface area contributed by atoms with Crippen LogP contribution in [-0.2, 0) is 6.42 Å². The van der Waals surface area contributed by atoms with Gasteiger partial charge in [0.15, 0.2) is 0 Å². The highest BCUT2D eigenvalue weighted by molar-refractivity contribution is 5.80. The smallest absolute Gasteiger partial charge is 0.269 e. The van der Waals surface area contributed by atoms with Crippen molar-refractivity contribution < 1.29 is 4.92 Å². The van der Waals surface area contributed by atoms with E-state index in [1.807, 2.05) is 0 Å². The van der Waals surface area contributed by atoms with E-state index in [1.54, 1.807) is 12.1 Å². The van der Waals surface area contributed by atoms with Crippen LogP contribution in [0.2, 0.25) is 0 Å². The molecule has 0 aliphatic rings. The largest absolute Gasteiger partial charge is 0.387 e. The maximum Gasteiger partial charge on any atom is 0.269 e. The molecular weight excluding hydrogens is 220 g/mol. The van der Waals surface area contributed by atoms with Crippen LogP contribution in [0, 0.1) is 10.1 Å². The van der Waals surface area contributed by atoms with Crippen molar-refractivity contribution in [2.24, 2.45) is 16.5 Å². The van der Waals surface area contributed by atoms with Crippen LogP contribution < -0.4 is 11.5 Å². The zero-order valence-corrected chi connectivity index (χ0v) is 9.50.